The molecule has 19 heavy (non-hydrogen) atoms. The van der Waals surface area contributed by atoms with Gasteiger partial charge >= 0.3 is 0 Å². The molecule has 0 spiro atoms. The van der Waals surface area contributed by atoms with Crippen LogP contribution in [0.15, 0.2) is 6.20 Å². The zero-order chi connectivity index (χ0) is 13.7. The third-order valence-electron chi connectivity index (χ3n) is 3.29. The lowest BCUT2D eigenvalue weighted by Crippen LogP contribution is -2.18. The second kappa shape index (κ2) is 6.77. The van der Waals surface area contributed by atoms with Crippen LogP contribution in [0.25, 0.3) is 0 Å². The molecule has 0 unspecified atom stereocenters. The molecule has 0 bridgehead atoms. The van der Waals surface area contributed by atoms with E-state index in [2.05, 4.69) is 10.3 Å². The molecule has 1 aliphatic rings. The number of Topliss-reactive ketones (excluding diaryl/α,β-unsaturated/α-hetero) is 1. The maximum absolute atomic E-state index is 11.2. The normalized spacial score (nSPS) is 17.3. The molecule has 1 saturated carbocycles. The van der Waals surface area contributed by atoms with Crippen LogP contribution in [-0.2, 0) is 14.3 Å². The molecule has 1 aromatic rings. The van der Waals surface area contributed by atoms with Gasteiger partial charge < -0.3 is 9.47 Å². The molecule has 106 valence electrons. The van der Waals surface area contributed by atoms with E-state index in [1.807, 2.05) is 24.7 Å². The van der Waals surface area contributed by atoms with Crippen molar-refractivity contribution in [1.82, 2.24) is 15.0 Å². The van der Waals surface area contributed by atoms with Crippen molar-refractivity contribution in [3.8, 4) is 0 Å². The molecule has 1 fully saturated rings. The maximum Gasteiger partial charge on any atom is 0.204 e. The Morgan fingerprint density at radius 3 is 2.53 bits per heavy atom. The van der Waals surface area contributed by atoms with E-state index in [1.165, 1.54) is 0 Å². The van der Waals surface area contributed by atoms with Crippen LogP contribution in [0.1, 0.15) is 57.6 Å². The Morgan fingerprint density at radius 1 is 1.32 bits per heavy atom. The zero-order valence-corrected chi connectivity index (χ0v) is 11.5. The molecule has 1 aromatic heterocycles. The fourth-order valence-electron chi connectivity index (χ4n) is 2.29. The van der Waals surface area contributed by atoms with Gasteiger partial charge in [-0.3, -0.25) is 4.79 Å². The van der Waals surface area contributed by atoms with Crippen molar-refractivity contribution in [2.24, 2.45) is 0 Å². The number of hydrogen-bond acceptors (Lipinski definition) is 5. The Bertz CT molecular complexity index is 403. The number of nitrogens with zero attached hydrogens (tertiary/aromatic N) is 3. The SMILES string of the molecule is CCOC(OCC)c1cn(C2CCC(=O)CC2)nn1. The molecular weight excluding hydrogens is 246 g/mol. The lowest BCUT2D eigenvalue weighted by atomic mass is 9.94. The van der Waals surface area contributed by atoms with Gasteiger partial charge in [-0.25, -0.2) is 4.68 Å². The molecule has 0 amide bonds. The number of carbonyl (C=O) groups is 1. The number of ketones is 1. The quantitative estimate of drug-likeness (QED) is 0.738. The van der Waals surface area contributed by atoms with Crippen LogP contribution in [0.5, 0.6) is 0 Å². The molecule has 6 nitrogen and oxygen atoms in total. The predicted octanol–water partition coefficient (Wildman–Crippen LogP) is 2.03. The average Bonchev–Trinajstić information content (AvgIpc) is 2.89. The van der Waals surface area contributed by atoms with Gasteiger partial charge in [-0.2, -0.15) is 0 Å². The lowest BCUT2D eigenvalue weighted by Gasteiger charge is -2.20. The van der Waals surface area contributed by atoms with E-state index in [0.717, 1.165) is 12.8 Å². The highest BCUT2D eigenvalue weighted by Gasteiger charge is 2.23. The second-order valence-corrected chi connectivity index (χ2v) is 4.64. The van der Waals surface area contributed by atoms with Crippen LogP contribution in [0, 0.1) is 0 Å². The van der Waals surface area contributed by atoms with Crippen LogP contribution in [0.3, 0.4) is 0 Å². The van der Waals surface area contributed by atoms with Gasteiger partial charge in [-0.15, -0.1) is 5.10 Å². The molecule has 2 rings (SSSR count). The van der Waals surface area contributed by atoms with Crippen molar-refractivity contribution in [3.63, 3.8) is 0 Å². The van der Waals surface area contributed by atoms with E-state index in [1.54, 1.807) is 0 Å². The highest BCUT2D eigenvalue weighted by Crippen LogP contribution is 2.26. The van der Waals surface area contributed by atoms with Crippen molar-refractivity contribution in [3.05, 3.63) is 11.9 Å². The smallest absolute Gasteiger partial charge is 0.204 e. The topological polar surface area (TPSA) is 66.2 Å². The summed E-state index contributed by atoms with van der Waals surface area (Å²) in [6.07, 6.45) is 4.39. The first-order valence-electron chi connectivity index (χ1n) is 6.91. The first-order valence-corrected chi connectivity index (χ1v) is 6.91. The van der Waals surface area contributed by atoms with Crippen molar-refractivity contribution < 1.29 is 14.3 Å². The summed E-state index contributed by atoms with van der Waals surface area (Å²) in [4.78, 5) is 11.2. The Balaban J connectivity index is 2.02. The van der Waals surface area contributed by atoms with E-state index in [-0.39, 0.29) is 6.04 Å². The van der Waals surface area contributed by atoms with Gasteiger partial charge in [0.15, 0.2) is 0 Å². The van der Waals surface area contributed by atoms with Crippen LogP contribution >= 0.6 is 0 Å². The standard InChI is InChI=1S/C13H21N3O3/c1-3-18-13(19-4-2)12-9-16(15-14-12)10-5-7-11(17)8-6-10/h9-10,13H,3-8H2,1-2H3. The molecule has 0 radical (unpaired) electrons. The highest BCUT2D eigenvalue weighted by atomic mass is 16.7. The number of aromatic nitrogens is 3. The molecule has 6 heteroatoms. The summed E-state index contributed by atoms with van der Waals surface area (Å²) in [5.41, 5.74) is 0.695. The number of carbonyl (C=O) groups excluding carboxylic acids is 1. The van der Waals surface area contributed by atoms with E-state index in [0.29, 0.717) is 37.5 Å². The third kappa shape index (κ3) is 3.61. The van der Waals surface area contributed by atoms with Gasteiger partial charge in [-0.05, 0) is 26.7 Å². The van der Waals surface area contributed by atoms with E-state index < -0.39 is 6.29 Å². The van der Waals surface area contributed by atoms with Gasteiger partial charge in [0.1, 0.15) is 11.5 Å². The summed E-state index contributed by atoms with van der Waals surface area (Å²) in [5.74, 6) is 0.345. The largest absolute Gasteiger partial charge is 0.347 e. The Hall–Kier alpha value is -1.27. The first-order chi connectivity index (χ1) is 9.24. The van der Waals surface area contributed by atoms with Crippen LogP contribution in [-0.4, -0.2) is 34.0 Å². The minimum atomic E-state index is -0.450. The molecule has 0 saturated heterocycles. The number of hydrogen-bond donors (Lipinski definition) is 0. The summed E-state index contributed by atoms with van der Waals surface area (Å²) < 4.78 is 12.8. The Labute approximate surface area is 113 Å². The molecule has 0 aromatic carbocycles. The average molecular weight is 267 g/mol. The summed E-state index contributed by atoms with van der Waals surface area (Å²) in [7, 11) is 0. The summed E-state index contributed by atoms with van der Waals surface area (Å²) in [6, 6.07) is 0.267. The monoisotopic (exact) mass is 267 g/mol. The lowest BCUT2D eigenvalue weighted by molar-refractivity contribution is -0.142. The van der Waals surface area contributed by atoms with Gasteiger partial charge in [0.05, 0.1) is 12.2 Å². The molecule has 1 heterocycles. The molecule has 1 aliphatic carbocycles. The number of rotatable bonds is 6. The predicted molar refractivity (Wildman–Crippen MR) is 68.5 cm³/mol. The molecule has 0 atom stereocenters. The summed E-state index contributed by atoms with van der Waals surface area (Å²) in [5, 5.41) is 8.27. The first kappa shape index (κ1) is 14.1. The molecule has 0 N–H and O–H groups in total. The Kier molecular flexibility index (Phi) is 5.04. The minimum absolute atomic E-state index is 0.267. The van der Waals surface area contributed by atoms with E-state index >= 15 is 0 Å². The van der Waals surface area contributed by atoms with E-state index in [4.69, 9.17) is 9.47 Å². The summed E-state index contributed by atoms with van der Waals surface area (Å²) >= 11 is 0. The minimum Gasteiger partial charge on any atom is -0.347 e. The van der Waals surface area contributed by atoms with Gasteiger partial charge in [0, 0.05) is 26.1 Å². The Morgan fingerprint density at radius 2 is 1.95 bits per heavy atom. The molecular formula is C13H21N3O3. The third-order valence-corrected chi connectivity index (χ3v) is 3.29. The van der Waals surface area contributed by atoms with Crippen molar-refractivity contribution in [1.29, 1.82) is 0 Å². The van der Waals surface area contributed by atoms with Gasteiger partial charge in [0.2, 0.25) is 6.29 Å². The fraction of sp³-hybridized carbons (Fsp3) is 0.769. The van der Waals surface area contributed by atoms with Crippen molar-refractivity contribution in [2.45, 2.75) is 51.9 Å². The fourth-order valence-corrected chi connectivity index (χ4v) is 2.29. The van der Waals surface area contributed by atoms with Gasteiger partial charge in [0.25, 0.3) is 0 Å². The summed E-state index contributed by atoms with van der Waals surface area (Å²) in [6.45, 7) is 4.97. The highest BCUT2D eigenvalue weighted by molar-refractivity contribution is 5.79. The van der Waals surface area contributed by atoms with E-state index in [9.17, 15) is 4.79 Å². The van der Waals surface area contributed by atoms with Gasteiger partial charge in [-0.1, -0.05) is 5.21 Å². The van der Waals surface area contributed by atoms with Crippen LogP contribution in [0.4, 0.5) is 0 Å². The van der Waals surface area contributed by atoms with Crippen molar-refractivity contribution >= 4 is 5.78 Å². The number of ether oxygens (including phenoxy) is 2. The second-order valence-electron chi connectivity index (χ2n) is 4.64. The maximum atomic E-state index is 11.2. The zero-order valence-electron chi connectivity index (χ0n) is 11.5. The van der Waals surface area contributed by atoms with Crippen LogP contribution < -0.4 is 0 Å². The molecule has 0 aliphatic heterocycles. The van der Waals surface area contributed by atoms with Crippen LogP contribution in [0.2, 0.25) is 0 Å². The van der Waals surface area contributed by atoms with Crippen molar-refractivity contribution in [2.75, 3.05) is 13.2 Å².